The first-order valence-electron chi connectivity index (χ1n) is 12.6. The second kappa shape index (κ2) is 11.2. The summed E-state index contributed by atoms with van der Waals surface area (Å²) in [6.45, 7) is 4.82. The number of benzene rings is 2. The Bertz CT molecular complexity index is 1200. The number of carbonyl (C=O) groups is 1. The maximum atomic E-state index is 13.8. The third-order valence-corrected chi connectivity index (χ3v) is 7.30. The van der Waals surface area contributed by atoms with Crippen molar-refractivity contribution in [2.45, 2.75) is 71.3 Å². The summed E-state index contributed by atoms with van der Waals surface area (Å²) in [6.07, 6.45) is 8.37. The van der Waals surface area contributed by atoms with Gasteiger partial charge in [0.1, 0.15) is 5.82 Å². The Morgan fingerprint density at radius 2 is 1.79 bits per heavy atom. The number of halogens is 1. The number of nitrogens with zero attached hydrogens (tertiary/aromatic N) is 3. The van der Waals surface area contributed by atoms with Crippen LogP contribution in [0.25, 0.3) is 16.6 Å². The first kappa shape index (κ1) is 24.5. The van der Waals surface area contributed by atoms with Gasteiger partial charge in [-0.3, -0.25) is 14.2 Å². The van der Waals surface area contributed by atoms with E-state index in [1.54, 1.807) is 16.7 Å². The molecule has 1 atom stereocenters. The van der Waals surface area contributed by atoms with Gasteiger partial charge in [-0.15, -0.1) is 0 Å². The highest BCUT2D eigenvalue weighted by molar-refractivity contribution is 6.32. The fourth-order valence-electron chi connectivity index (χ4n) is 5.05. The number of fused-ring (bicyclic) bond motifs is 1. The molecule has 1 saturated carbocycles. The second-order valence-electron chi connectivity index (χ2n) is 9.33. The summed E-state index contributed by atoms with van der Waals surface area (Å²) in [5.41, 5.74) is 1.06. The number of amides is 1. The largest absolute Gasteiger partial charge is 0.333 e. The highest BCUT2D eigenvalue weighted by Crippen LogP contribution is 2.31. The predicted octanol–water partition coefficient (Wildman–Crippen LogP) is 6.70. The van der Waals surface area contributed by atoms with E-state index in [0.717, 1.165) is 44.9 Å². The minimum atomic E-state index is -0.361. The third kappa shape index (κ3) is 5.05. The number of para-hydroxylation sites is 2. The van der Waals surface area contributed by atoms with E-state index in [1.807, 2.05) is 48.2 Å². The number of carbonyl (C=O) groups excluding carboxylic acids is 1. The molecule has 0 bridgehead atoms. The molecule has 1 fully saturated rings. The van der Waals surface area contributed by atoms with Crippen LogP contribution in [-0.4, -0.2) is 26.9 Å². The molecule has 0 N–H and O–H groups in total. The Balaban J connectivity index is 1.84. The van der Waals surface area contributed by atoms with Gasteiger partial charge in [-0.05, 0) is 50.5 Å². The number of aromatic nitrogens is 2. The zero-order valence-corrected chi connectivity index (χ0v) is 20.9. The lowest BCUT2D eigenvalue weighted by Crippen LogP contribution is -2.41. The van der Waals surface area contributed by atoms with E-state index >= 15 is 0 Å². The molecule has 0 radical (unpaired) electrons. The topological polar surface area (TPSA) is 55.2 Å². The molecule has 0 spiro atoms. The van der Waals surface area contributed by atoms with Crippen LogP contribution in [-0.2, 0) is 4.79 Å². The first-order chi connectivity index (χ1) is 16.5. The number of rotatable bonds is 8. The van der Waals surface area contributed by atoms with Gasteiger partial charge in [0, 0.05) is 12.5 Å². The van der Waals surface area contributed by atoms with Gasteiger partial charge in [-0.2, -0.15) is 0 Å². The van der Waals surface area contributed by atoms with Crippen molar-refractivity contribution in [3.05, 3.63) is 69.7 Å². The zero-order chi connectivity index (χ0) is 24.1. The monoisotopic (exact) mass is 479 g/mol. The lowest BCUT2D eigenvalue weighted by Gasteiger charge is -2.34. The van der Waals surface area contributed by atoms with Crippen molar-refractivity contribution in [2.75, 3.05) is 6.54 Å². The van der Waals surface area contributed by atoms with Crippen LogP contribution in [0.15, 0.2) is 53.3 Å². The van der Waals surface area contributed by atoms with Gasteiger partial charge in [0.25, 0.3) is 5.56 Å². The van der Waals surface area contributed by atoms with Crippen LogP contribution in [0.1, 0.15) is 77.1 Å². The Labute approximate surface area is 206 Å². The van der Waals surface area contributed by atoms with E-state index in [2.05, 4.69) is 6.92 Å². The average Bonchev–Trinajstić information content (AvgIpc) is 2.87. The van der Waals surface area contributed by atoms with Crippen LogP contribution >= 0.6 is 11.6 Å². The Kier molecular flexibility index (Phi) is 8.04. The molecule has 1 amide bonds. The van der Waals surface area contributed by atoms with Gasteiger partial charge in [-0.1, -0.05) is 74.9 Å². The van der Waals surface area contributed by atoms with Crippen molar-refractivity contribution in [3.8, 4) is 5.69 Å². The molecule has 5 nitrogen and oxygen atoms in total. The molecule has 1 unspecified atom stereocenters. The number of unbranched alkanes of at least 4 members (excludes halogenated alkanes) is 2. The summed E-state index contributed by atoms with van der Waals surface area (Å²) in [4.78, 5) is 34.4. The molecular weight excluding hydrogens is 446 g/mol. The molecule has 1 heterocycles. The SMILES string of the molecule is CCCCCN(C(=O)C1CCCCC1)C(C)c1nc2ccccc2c(=O)n1-c1ccccc1Cl. The van der Waals surface area contributed by atoms with Crippen LogP contribution < -0.4 is 5.56 Å². The highest BCUT2D eigenvalue weighted by atomic mass is 35.5. The van der Waals surface area contributed by atoms with Crippen molar-refractivity contribution >= 4 is 28.4 Å². The van der Waals surface area contributed by atoms with E-state index in [9.17, 15) is 9.59 Å². The molecule has 6 heteroatoms. The average molecular weight is 480 g/mol. The van der Waals surface area contributed by atoms with Crippen molar-refractivity contribution in [3.63, 3.8) is 0 Å². The van der Waals surface area contributed by atoms with Gasteiger partial charge in [0.15, 0.2) is 0 Å². The van der Waals surface area contributed by atoms with Gasteiger partial charge < -0.3 is 4.90 Å². The van der Waals surface area contributed by atoms with E-state index in [1.165, 1.54) is 6.42 Å². The lowest BCUT2D eigenvalue weighted by atomic mass is 9.88. The zero-order valence-electron chi connectivity index (χ0n) is 20.2. The quantitative estimate of drug-likeness (QED) is 0.338. The second-order valence-corrected chi connectivity index (χ2v) is 9.74. The lowest BCUT2D eigenvalue weighted by molar-refractivity contribution is -0.139. The van der Waals surface area contributed by atoms with Crippen molar-refractivity contribution in [2.24, 2.45) is 5.92 Å². The molecule has 2 aromatic carbocycles. The van der Waals surface area contributed by atoms with Crippen LogP contribution in [0.5, 0.6) is 0 Å². The molecule has 0 saturated heterocycles. The molecule has 180 valence electrons. The van der Waals surface area contributed by atoms with Crippen LogP contribution in [0.3, 0.4) is 0 Å². The summed E-state index contributed by atoms with van der Waals surface area (Å²) >= 11 is 6.56. The fraction of sp³-hybridized carbons (Fsp3) is 0.464. The molecule has 3 aromatic rings. The molecular formula is C28H34ClN3O2. The molecule has 1 aliphatic rings. The summed E-state index contributed by atoms with van der Waals surface area (Å²) in [6, 6.07) is 14.3. The summed E-state index contributed by atoms with van der Waals surface area (Å²) in [5.74, 6) is 0.799. The molecule has 1 aromatic heterocycles. The Morgan fingerprint density at radius 1 is 1.09 bits per heavy atom. The van der Waals surface area contributed by atoms with Crippen molar-refractivity contribution in [1.82, 2.24) is 14.5 Å². The third-order valence-electron chi connectivity index (χ3n) is 6.98. The number of hydrogen-bond acceptors (Lipinski definition) is 3. The van der Waals surface area contributed by atoms with Crippen molar-refractivity contribution in [1.29, 1.82) is 0 Å². The van der Waals surface area contributed by atoms with Crippen LogP contribution in [0, 0.1) is 5.92 Å². The van der Waals surface area contributed by atoms with E-state index in [4.69, 9.17) is 16.6 Å². The Morgan fingerprint density at radius 3 is 2.53 bits per heavy atom. The fourth-order valence-corrected chi connectivity index (χ4v) is 5.27. The maximum absolute atomic E-state index is 13.8. The Hall–Kier alpha value is -2.66. The molecule has 4 rings (SSSR count). The van der Waals surface area contributed by atoms with Gasteiger partial charge in [-0.25, -0.2) is 4.98 Å². The summed E-state index contributed by atoms with van der Waals surface area (Å²) < 4.78 is 1.61. The van der Waals surface area contributed by atoms with Crippen LogP contribution in [0.2, 0.25) is 5.02 Å². The normalized spacial score (nSPS) is 15.4. The van der Waals surface area contributed by atoms with Crippen LogP contribution in [0.4, 0.5) is 0 Å². The van der Waals surface area contributed by atoms with Gasteiger partial charge in [0.05, 0.1) is 27.7 Å². The molecule has 0 aliphatic heterocycles. The minimum absolute atomic E-state index is 0.0544. The number of hydrogen-bond donors (Lipinski definition) is 0. The molecule has 34 heavy (non-hydrogen) atoms. The summed E-state index contributed by atoms with van der Waals surface area (Å²) in [7, 11) is 0. The van der Waals surface area contributed by atoms with E-state index in [0.29, 0.717) is 34.0 Å². The first-order valence-corrected chi connectivity index (χ1v) is 13.0. The smallest absolute Gasteiger partial charge is 0.266 e. The highest BCUT2D eigenvalue weighted by Gasteiger charge is 2.32. The molecule has 1 aliphatic carbocycles. The maximum Gasteiger partial charge on any atom is 0.266 e. The van der Waals surface area contributed by atoms with Gasteiger partial charge >= 0.3 is 0 Å². The summed E-state index contributed by atoms with van der Waals surface area (Å²) in [5, 5.41) is 1.01. The van der Waals surface area contributed by atoms with Crippen molar-refractivity contribution < 1.29 is 4.79 Å². The van der Waals surface area contributed by atoms with E-state index in [-0.39, 0.29) is 23.4 Å². The predicted molar refractivity (Wildman–Crippen MR) is 139 cm³/mol. The standard InChI is InChI=1S/C28H34ClN3O2/c1-3-4-12-19-31(27(33)21-13-6-5-7-14-21)20(2)26-30-24-17-10-8-15-22(24)28(34)32(26)25-18-11-9-16-23(25)29/h8-11,15-18,20-21H,3-7,12-14,19H2,1-2H3. The van der Waals surface area contributed by atoms with E-state index < -0.39 is 0 Å². The van der Waals surface area contributed by atoms with Gasteiger partial charge in [0.2, 0.25) is 5.91 Å². The minimum Gasteiger partial charge on any atom is -0.333 e.